The molecule has 0 aliphatic heterocycles. The second kappa shape index (κ2) is 6.09. The summed E-state index contributed by atoms with van der Waals surface area (Å²) in [6.07, 6.45) is 3.99. The number of hydrogen-bond donors (Lipinski definition) is 0. The van der Waals surface area contributed by atoms with Gasteiger partial charge in [0.2, 0.25) is 0 Å². The maximum atomic E-state index is 13.0. The minimum atomic E-state index is -0.262. The molecule has 24 heavy (non-hydrogen) atoms. The summed E-state index contributed by atoms with van der Waals surface area (Å²) in [4.78, 5) is 4.58. The Morgan fingerprint density at radius 2 is 1.92 bits per heavy atom. The predicted octanol–water partition coefficient (Wildman–Crippen LogP) is 3.56. The highest BCUT2D eigenvalue weighted by Crippen LogP contribution is 2.25. The van der Waals surface area contributed by atoms with Gasteiger partial charge in [0.15, 0.2) is 11.0 Å². The summed E-state index contributed by atoms with van der Waals surface area (Å²) in [5, 5.41) is 9.24. The molecule has 0 fully saturated rings. The molecule has 7 heteroatoms. The molecule has 1 aromatic carbocycles. The number of fused-ring (bicyclic) bond motifs is 1. The lowest BCUT2D eigenvalue weighted by molar-refractivity contribution is 0.628. The molecule has 0 saturated heterocycles. The van der Waals surface area contributed by atoms with E-state index in [0.29, 0.717) is 11.6 Å². The number of pyridine rings is 1. The van der Waals surface area contributed by atoms with Gasteiger partial charge in [0, 0.05) is 30.8 Å². The number of aromatic nitrogens is 5. The van der Waals surface area contributed by atoms with Crippen LogP contribution >= 0.6 is 11.8 Å². The number of hydrogen-bond acceptors (Lipinski definition) is 4. The second-order valence-corrected chi connectivity index (χ2v) is 6.30. The van der Waals surface area contributed by atoms with E-state index < -0.39 is 0 Å². The summed E-state index contributed by atoms with van der Waals surface area (Å²) in [7, 11) is 1.91. The Hall–Kier alpha value is -2.67. The van der Waals surface area contributed by atoms with Crippen LogP contribution in [-0.4, -0.2) is 24.1 Å². The Morgan fingerprint density at radius 3 is 2.71 bits per heavy atom. The maximum absolute atomic E-state index is 13.0. The lowest BCUT2D eigenvalue weighted by Gasteiger charge is -2.03. The third-order valence-electron chi connectivity index (χ3n) is 3.70. The molecule has 0 saturated carbocycles. The smallest absolute Gasteiger partial charge is 0.191 e. The number of nitrogens with zero attached hydrogens (tertiary/aromatic N) is 5. The quantitative estimate of drug-likeness (QED) is 0.533. The molecule has 0 unspecified atom stereocenters. The van der Waals surface area contributed by atoms with E-state index in [4.69, 9.17) is 0 Å². The highest BCUT2D eigenvalue weighted by molar-refractivity contribution is 7.98. The van der Waals surface area contributed by atoms with Crippen LogP contribution in [0.4, 0.5) is 4.39 Å². The zero-order chi connectivity index (χ0) is 16.5. The van der Waals surface area contributed by atoms with Crippen LogP contribution in [0.25, 0.3) is 17.0 Å². The Kier molecular flexibility index (Phi) is 3.78. The highest BCUT2D eigenvalue weighted by atomic mass is 32.2. The van der Waals surface area contributed by atoms with Gasteiger partial charge < -0.3 is 8.97 Å². The molecule has 0 bridgehead atoms. The van der Waals surface area contributed by atoms with E-state index in [-0.39, 0.29) is 5.82 Å². The number of halogens is 1. The van der Waals surface area contributed by atoms with Crippen molar-refractivity contribution in [2.75, 3.05) is 0 Å². The molecule has 0 N–H and O–H groups in total. The predicted molar refractivity (Wildman–Crippen MR) is 91.2 cm³/mol. The molecule has 4 rings (SSSR count). The summed E-state index contributed by atoms with van der Waals surface area (Å²) >= 11 is 1.57. The first-order chi connectivity index (χ1) is 11.7. The molecular formula is C17H14FN5S. The first-order valence-corrected chi connectivity index (χ1v) is 8.40. The number of thioether (sulfide) groups is 1. The van der Waals surface area contributed by atoms with Gasteiger partial charge >= 0.3 is 0 Å². The van der Waals surface area contributed by atoms with Gasteiger partial charge in [-0.25, -0.2) is 9.37 Å². The van der Waals surface area contributed by atoms with E-state index in [1.807, 2.05) is 46.6 Å². The molecule has 5 nitrogen and oxygen atoms in total. The van der Waals surface area contributed by atoms with Crippen molar-refractivity contribution in [3.63, 3.8) is 0 Å². The summed E-state index contributed by atoms with van der Waals surface area (Å²) < 4.78 is 17.0. The van der Waals surface area contributed by atoms with Crippen LogP contribution in [0.2, 0.25) is 0 Å². The van der Waals surface area contributed by atoms with Gasteiger partial charge in [-0.3, -0.25) is 0 Å². The molecule has 0 aliphatic rings. The zero-order valence-corrected chi connectivity index (χ0v) is 13.7. The van der Waals surface area contributed by atoms with Crippen molar-refractivity contribution < 1.29 is 4.39 Å². The third-order valence-corrected chi connectivity index (χ3v) is 4.75. The van der Waals surface area contributed by atoms with Crippen LogP contribution in [0.1, 0.15) is 5.69 Å². The maximum Gasteiger partial charge on any atom is 0.191 e. The van der Waals surface area contributed by atoms with E-state index in [9.17, 15) is 4.39 Å². The molecule has 0 atom stereocenters. The summed E-state index contributed by atoms with van der Waals surface area (Å²) in [6, 6.07) is 12.2. The van der Waals surface area contributed by atoms with Gasteiger partial charge in [0.05, 0.1) is 5.69 Å². The molecule has 0 spiro atoms. The van der Waals surface area contributed by atoms with E-state index in [2.05, 4.69) is 15.2 Å². The largest absolute Gasteiger partial charge is 0.307 e. The van der Waals surface area contributed by atoms with E-state index in [1.54, 1.807) is 23.9 Å². The molecule has 0 radical (unpaired) electrons. The molecule has 3 aromatic heterocycles. The SMILES string of the molecule is Cn1c(SCc2cn3ccccc3n2)nnc1-c1ccc(F)cc1. The topological polar surface area (TPSA) is 48.0 Å². The average molecular weight is 339 g/mol. The summed E-state index contributed by atoms with van der Waals surface area (Å²) in [6.45, 7) is 0. The van der Waals surface area contributed by atoms with Crippen LogP contribution < -0.4 is 0 Å². The van der Waals surface area contributed by atoms with Crippen molar-refractivity contribution in [2.45, 2.75) is 10.9 Å². The number of rotatable bonds is 4. The minimum Gasteiger partial charge on any atom is -0.307 e. The van der Waals surface area contributed by atoms with Crippen LogP contribution in [0, 0.1) is 5.82 Å². The van der Waals surface area contributed by atoms with Gasteiger partial charge in [-0.1, -0.05) is 17.8 Å². The van der Waals surface area contributed by atoms with E-state index in [1.165, 1.54) is 12.1 Å². The molecule has 0 amide bonds. The fraction of sp³-hybridized carbons (Fsp3) is 0.118. The number of imidazole rings is 1. The van der Waals surface area contributed by atoms with E-state index in [0.717, 1.165) is 22.1 Å². The summed E-state index contributed by atoms with van der Waals surface area (Å²) in [5.41, 5.74) is 2.75. The van der Waals surface area contributed by atoms with Gasteiger partial charge in [-0.05, 0) is 36.4 Å². The van der Waals surface area contributed by atoms with Gasteiger partial charge in [-0.2, -0.15) is 0 Å². The Bertz CT molecular complexity index is 957. The summed E-state index contributed by atoms with van der Waals surface area (Å²) in [5.74, 6) is 1.16. The standard InChI is InChI=1S/C17H14FN5S/c1-22-16(12-5-7-13(18)8-6-12)20-21-17(22)24-11-14-10-23-9-3-2-4-15(23)19-14/h2-10H,11H2,1H3. The fourth-order valence-corrected chi connectivity index (χ4v) is 3.28. The van der Waals surface area contributed by atoms with Crippen molar-refractivity contribution >= 4 is 17.4 Å². The Morgan fingerprint density at radius 1 is 1.08 bits per heavy atom. The first-order valence-electron chi connectivity index (χ1n) is 7.41. The molecule has 3 heterocycles. The van der Waals surface area contributed by atoms with Crippen molar-refractivity contribution in [2.24, 2.45) is 7.05 Å². The van der Waals surface area contributed by atoms with Gasteiger partial charge in [-0.15, -0.1) is 10.2 Å². The molecular weight excluding hydrogens is 325 g/mol. The minimum absolute atomic E-state index is 0.262. The van der Waals surface area contributed by atoms with Gasteiger partial charge in [0.1, 0.15) is 11.5 Å². The van der Waals surface area contributed by atoms with Crippen molar-refractivity contribution in [1.82, 2.24) is 24.1 Å². The monoisotopic (exact) mass is 339 g/mol. The highest BCUT2D eigenvalue weighted by Gasteiger charge is 2.12. The van der Waals surface area contributed by atoms with Crippen molar-refractivity contribution in [3.8, 4) is 11.4 Å². The van der Waals surface area contributed by atoms with Crippen molar-refractivity contribution in [3.05, 3.63) is 66.4 Å². The Balaban J connectivity index is 1.54. The number of benzene rings is 1. The second-order valence-electron chi connectivity index (χ2n) is 5.36. The normalized spacial score (nSPS) is 11.2. The fourth-order valence-electron chi connectivity index (χ4n) is 2.49. The average Bonchev–Trinajstić information content (AvgIpc) is 3.17. The van der Waals surface area contributed by atoms with Crippen LogP contribution in [0.3, 0.4) is 0 Å². The lowest BCUT2D eigenvalue weighted by Crippen LogP contribution is -1.95. The first kappa shape index (κ1) is 14.9. The lowest BCUT2D eigenvalue weighted by atomic mass is 10.2. The van der Waals surface area contributed by atoms with Crippen LogP contribution in [0.5, 0.6) is 0 Å². The third kappa shape index (κ3) is 2.78. The molecule has 0 aliphatic carbocycles. The van der Waals surface area contributed by atoms with Crippen molar-refractivity contribution in [1.29, 1.82) is 0 Å². The molecule has 4 aromatic rings. The van der Waals surface area contributed by atoms with Crippen LogP contribution in [0.15, 0.2) is 60.0 Å². The Labute approximate surface area is 142 Å². The van der Waals surface area contributed by atoms with Crippen LogP contribution in [-0.2, 0) is 12.8 Å². The van der Waals surface area contributed by atoms with Gasteiger partial charge in [0.25, 0.3) is 0 Å². The van der Waals surface area contributed by atoms with E-state index >= 15 is 0 Å². The zero-order valence-electron chi connectivity index (χ0n) is 12.9. The molecule has 120 valence electrons.